The zero-order valence-corrected chi connectivity index (χ0v) is 12.4. The fraction of sp³-hybridized carbons (Fsp3) is 0. The van der Waals surface area contributed by atoms with E-state index in [4.69, 9.17) is 10.5 Å². The second-order valence-electron chi connectivity index (χ2n) is 5.02. The Morgan fingerprint density at radius 1 is 0.783 bits per heavy atom. The van der Waals surface area contributed by atoms with Crippen molar-refractivity contribution in [1.29, 1.82) is 0 Å². The number of nitrogens with two attached hydrogens (primary N) is 1. The van der Waals surface area contributed by atoms with Gasteiger partial charge in [0.25, 0.3) is 5.91 Å². The Balaban J connectivity index is 1.66. The first kappa shape index (κ1) is 14.7. The van der Waals surface area contributed by atoms with E-state index in [1.165, 1.54) is 0 Å². The predicted molar refractivity (Wildman–Crippen MR) is 91.8 cm³/mol. The summed E-state index contributed by atoms with van der Waals surface area (Å²) in [7, 11) is 0. The van der Waals surface area contributed by atoms with Gasteiger partial charge in [-0.25, -0.2) is 0 Å². The molecular formula is C19H16N2O2. The number of anilines is 2. The summed E-state index contributed by atoms with van der Waals surface area (Å²) in [5.74, 6) is 1.20. The molecule has 1 amide bonds. The van der Waals surface area contributed by atoms with Gasteiger partial charge < -0.3 is 15.8 Å². The summed E-state index contributed by atoms with van der Waals surface area (Å²) in [5.41, 5.74) is 7.65. The molecule has 0 fully saturated rings. The SMILES string of the molecule is Nc1ccc(Oc2ccc(C(=O)Nc3ccccc3)cc2)cc1. The molecule has 0 spiro atoms. The van der Waals surface area contributed by atoms with Gasteiger partial charge in [0.05, 0.1) is 0 Å². The molecule has 4 nitrogen and oxygen atoms in total. The van der Waals surface area contributed by atoms with Crippen molar-refractivity contribution in [2.75, 3.05) is 11.1 Å². The first-order valence-electron chi connectivity index (χ1n) is 7.20. The second-order valence-corrected chi connectivity index (χ2v) is 5.02. The number of nitrogens with one attached hydrogen (secondary N) is 1. The molecule has 0 radical (unpaired) electrons. The van der Waals surface area contributed by atoms with E-state index in [2.05, 4.69) is 5.32 Å². The van der Waals surface area contributed by atoms with Crippen LogP contribution in [0.2, 0.25) is 0 Å². The third kappa shape index (κ3) is 3.89. The van der Waals surface area contributed by atoms with Crippen LogP contribution in [0.25, 0.3) is 0 Å². The second kappa shape index (κ2) is 6.66. The molecule has 0 aliphatic heterocycles. The molecule has 0 saturated heterocycles. The van der Waals surface area contributed by atoms with E-state index >= 15 is 0 Å². The van der Waals surface area contributed by atoms with Crippen LogP contribution in [-0.4, -0.2) is 5.91 Å². The maximum Gasteiger partial charge on any atom is 0.255 e. The van der Waals surface area contributed by atoms with Crippen molar-refractivity contribution in [2.24, 2.45) is 0 Å². The molecule has 0 aromatic heterocycles. The lowest BCUT2D eigenvalue weighted by atomic mass is 10.2. The van der Waals surface area contributed by atoms with E-state index in [0.717, 1.165) is 5.69 Å². The number of nitrogen functional groups attached to an aromatic ring is 1. The van der Waals surface area contributed by atoms with Crippen LogP contribution in [0.15, 0.2) is 78.9 Å². The van der Waals surface area contributed by atoms with Crippen molar-refractivity contribution in [3.8, 4) is 11.5 Å². The molecule has 4 heteroatoms. The molecule has 0 bridgehead atoms. The molecule has 0 heterocycles. The number of carbonyl (C=O) groups excluding carboxylic acids is 1. The van der Waals surface area contributed by atoms with Crippen molar-refractivity contribution < 1.29 is 9.53 Å². The van der Waals surface area contributed by atoms with Crippen LogP contribution in [0.4, 0.5) is 11.4 Å². The molecule has 3 aromatic carbocycles. The van der Waals surface area contributed by atoms with E-state index < -0.39 is 0 Å². The first-order chi connectivity index (χ1) is 11.2. The average Bonchev–Trinajstić information content (AvgIpc) is 2.58. The Labute approximate surface area is 134 Å². The maximum absolute atomic E-state index is 12.2. The molecule has 3 rings (SSSR count). The summed E-state index contributed by atoms with van der Waals surface area (Å²) in [5, 5.41) is 2.84. The lowest BCUT2D eigenvalue weighted by Crippen LogP contribution is -2.11. The Morgan fingerprint density at radius 2 is 1.35 bits per heavy atom. The monoisotopic (exact) mass is 304 g/mol. The summed E-state index contributed by atoms with van der Waals surface area (Å²) in [6.07, 6.45) is 0. The number of carbonyl (C=O) groups is 1. The molecule has 0 aliphatic rings. The molecule has 114 valence electrons. The van der Waals surface area contributed by atoms with Gasteiger partial charge in [0.15, 0.2) is 0 Å². The lowest BCUT2D eigenvalue weighted by Gasteiger charge is -2.08. The topological polar surface area (TPSA) is 64.3 Å². The van der Waals surface area contributed by atoms with Gasteiger partial charge in [0.1, 0.15) is 11.5 Å². The molecule has 0 unspecified atom stereocenters. The fourth-order valence-corrected chi connectivity index (χ4v) is 2.07. The fourth-order valence-electron chi connectivity index (χ4n) is 2.07. The highest BCUT2D eigenvalue weighted by Gasteiger charge is 2.06. The lowest BCUT2D eigenvalue weighted by molar-refractivity contribution is 0.102. The smallest absolute Gasteiger partial charge is 0.255 e. The van der Waals surface area contributed by atoms with Crippen molar-refractivity contribution >= 4 is 17.3 Å². The number of hydrogen-bond donors (Lipinski definition) is 2. The number of benzene rings is 3. The van der Waals surface area contributed by atoms with Crippen LogP contribution in [-0.2, 0) is 0 Å². The Kier molecular flexibility index (Phi) is 4.25. The molecule has 3 aromatic rings. The van der Waals surface area contributed by atoms with Gasteiger partial charge in [-0.2, -0.15) is 0 Å². The van der Waals surface area contributed by atoms with Crippen molar-refractivity contribution in [3.05, 3.63) is 84.4 Å². The number of rotatable bonds is 4. The molecule has 3 N–H and O–H groups in total. The van der Waals surface area contributed by atoms with E-state index in [0.29, 0.717) is 22.7 Å². The first-order valence-corrected chi connectivity index (χ1v) is 7.20. The summed E-state index contributed by atoms with van der Waals surface area (Å²) in [6.45, 7) is 0. The van der Waals surface area contributed by atoms with Crippen LogP contribution in [0.3, 0.4) is 0 Å². The summed E-state index contributed by atoms with van der Waals surface area (Å²) in [4.78, 5) is 12.2. The van der Waals surface area contributed by atoms with Crippen molar-refractivity contribution in [3.63, 3.8) is 0 Å². The van der Waals surface area contributed by atoms with Gasteiger partial charge in [-0.05, 0) is 60.7 Å². The van der Waals surface area contributed by atoms with Crippen LogP contribution >= 0.6 is 0 Å². The number of hydrogen-bond acceptors (Lipinski definition) is 3. The molecular weight excluding hydrogens is 288 g/mol. The van der Waals surface area contributed by atoms with E-state index in [1.54, 1.807) is 48.5 Å². The van der Waals surface area contributed by atoms with Crippen LogP contribution < -0.4 is 15.8 Å². The van der Waals surface area contributed by atoms with E-state index in [-0.39, 0.29) is 5.91 Å². The number of ether oxygens (including phenoxy) is 1. The minimum Gasteiger partial charge on any atom is -0.457 e. The normalized spacial score (nSPS) is 10.1. The standard InChI is InChI=1S/C19H16N2O2/c20-15-8-12-18(13-9-15)23-17-10-6-14(7-11-17)19(22)21-16-4-2-1-3-5-16/h1-13H,20H2,(H,21,22). The third-order valence-corrected chi connectivity index (χ3v) is 3.26. The van der Waals surface area contributed by atoms with E-state index in [9.17, 15) is 4.79 Å². The zero-order chi connectivity index (χ0) is 16.1. The van der Waals surface area contributed by atoms with Crippen LogP contribution in [0, 0.1) is 0 Å². The van der Waals surface area contributed by atoms with Gasteiger partial charge in [-0.15, -0.1) is 0 Å². The maximum atomic E-state index is 12.2. The molecule has 0 saturated carbocycles. The highest BCUT2D eigenvalue weighted by Crippen LogP contribution is 2.22. The zero-order valence-electron chi connectivity index (χ0n) is 12.4. The third-order valence-electron chi connectivity index (χ3n) is 3.26. The van der Waals surface area contributed by atoms with Crippen molar-refractivity contribution in [2.45, 2.75) is 0 Å². The number of para-hydroxylation sites is 1. The minimum atomic E-state index is -0.157. The Hall–Kier alpha value is -3.27. The Morgan fingerprint density at radius 3 is 1.96 bits per heavy atom. The van der Waals surface area contributed by atoms with Gasteiger partial charge in [0.2, 0.25) is 0 Å². The summed E-state index contributed by atoms with van der Waals surface area (Å²) < 4.78 is 5.70. The largest absolute Gasteiger partial charge is 0.457 e. The molecule has 0 aliphatic carbocycles. The van der Waals surface area contributed by atoms with E-state index in [1.807, 2.05) is 30.3 Å². The van der Waals surface area contributed by atoms with Gasteiger partial charge in [-0.1, -0.05) is 18.2 Å². The van der Waals surface area contributed by atoms with Gasteiger partial charge in [-0.3, -0.25) is 4.79 Å². The quantitative estimate of drug-likeness (QED) is 0.706. The average molecular weight is 304 g/mol. The minimum absolute atomic E-state index is 0.157. The summed E-state index contributed by atoms with van der Waals surface area (Å²) in [6, 6.07) is 23.5. The molecule has 23 heavy (non-hydrogen) atoms. The highest BCUT2D eigenvalue weighted by atomic mass is 16.5. The van der Waals surface area contributed by atoms with Gasteiger partial charge >= 0.3 is 0 Å². The molecule has 0 atom stereocenters. The predicted octanol–water partition coefficient (Wildman–Crippen LogP) is 4.31. The van der Waals surface area contributed by atoms with Gasteiger partial charge in [0, 0.05) is 16.9 Å². The van der Waals surface area contributed by atoms with Crippen LogP contribution in [0.5, 0.6) is 11.5 Å². The summed E-state index contributed by atoms with van der Waals surface area (Å²) >= 11 is 0. The van der Waals surface area contributed by atoms with Crippen molar-refractivity contribution in [1.82, 2.24) is 0 Å². The highest BCUT2D eigenvalue weighted by molar-refractivity contribution is 6.04. The van der Waals surface area contributed by atoms with Crippen LogP contribution in [0.1, 0.15) is 10.4 Å². The number of amides is 1. The Bertz CT molecular complexity index is 782.